The molecule has 0 aliphatic carbocycles. The molecule has 14 nitrogen and oxygen atoms in total. The zero-order chi connectivity index (χ0) is 36.8. The zero-order valence-corrected chi connectivity index (χ0v) is 28.7. The molecular formula is C35H42N2O12. The summed E-state index contributed by atoms with van der Waals surface area (Å²) >= 11 is 0. The van der Waals surface area contributed by atoms with Crippen LogP contribution in [0.4, 0.5) is 9.59 Å². The van der Waals surface area contributed by atoms with Crippen LogP contribution in [0.15, 0.2) is 60.4 Å². The fraction of sp³-hybridized carbons (Fsp3) is 0.343. The van der Waals surface area contributed by atoms with Crippen molar-refractivity contribution in [2.24, 2.45) is 0 Å². The Bertz CT molecular complexity index is 1610. The summed E-state index contributed by atoms with van der Waals surface area (Å²) in [5.74, 6) is -1.74. The monoisotopic (exact) mass is 682 g/mol. The van der Waals surface area contributed by atoms with Crippen LogP contribution in [0.1, 0.15) is 52.7 Å². The van der Waals surface area contributed by atoms with Gasteiger partial charge in [0.2, 0.25) is 0 Å². The van der Waals surface area contributed by atoms with Crippen molar-refractivity contribution >= 4 is 42.1 Å². The standard InChI is InChI=1S/C35H42N2O12/c1-34(2,3)48-32(42)36-20-30(40)46-26-15-11-22(17-28(26)44-7)9-13-24(38)19-25(39)14-10-23-12-16-27(29(18-23)45-8)47-31(41)21-37-33(43)49-35(4,5)6/h9-19,38H,20-21H2,1-8H3,(H,36,42)(H,37,43)/b13-9+,14-10+,24-19-. The van der Waals surface area contributed by atoms with Crippen LogP contribution in [-0.4, -0.2) is 73.5 Å². The van der Waals surface area contributed by atoms with E-state index in [-0.39, 0.29) is 28.8 Å². The van der Waals surface area contributed by atoms with Crippen molar-refractivity contribution in [1.82, 2.24) is 10.6 Å². The first-order valence-corrected chi connectivity index (χ1v) is 14.9. The molecule has 0 aliphatic rings. The van der Waals surface area contributed by atoms with E-state index in [1.54, 1.807) is 59.7 Å². The van der Waals surface area contributed by atoms with Crippen LogP contribution in [0.3, 0.4) is 0 Å². The second-order valence-corrected chi connectivity index (χ2v) is 12.1. The number of allylic oxidation sites excluding steroid dienone is 3. The first kappa shape index (κ1) is 39.4. The third kappa shape index (κ3) is 15.6. The Morgan fingerprint density at radius 1 is 0.653 bits per heavy atom. The van der Waals surface area contributed by atoms with Gasteiger partial charge in [0.05, 0.1) is 14.2 Å². The summed E-state index contributed by atoms with van der Waals surface area (Å²) in [7, 11) is 2.75. The van der Waals surface area contributed by atoms with Crippen molar-refractivity contribution in [3.05, 3.63) is 71.5 Å². The van der Waals surface area contributed by atoms with E-state index in [1.165, 1.54) is 56.7 Å². The molecule has 2 aromatic rings. The molecule has 0 aromatic heterocycles. The number of alkyl carbamates (subject to hydrolysis) is 2. The molecule has 2 amide bonds. The maximum atomic E-state index is 12.4. The minimum Gasteiger partial charge on any atom is -0.508 e. The van der Waals surface area contributed by atoms with Gasteiger partial charge in [-0.2, -0.15) is 0 Å². The average Bonchev–Trinajstić information content (AvgIpc) is 3.00. The van der Waals surface area contributed by atoms with Crippen molar-refractivity contribution in [3.63, 3.8) is 0 Å². The van der Waals surface area contributed by atoms with Gasteiger partial charge >= 0.3 is 24.1 Å². The summed E-state index contributed by atoms with van der Waals surface area (Å²) in [5.41, 5.74) is -0.347. The number of ketones is 1. The van der Waals surface area contributed by atoms with E-state index in [2.05, 4.69) is 10.6 Å². The average molecular weight is 683 g/mol. The van der Waals surface area contributed by atoms with Crippen molar-refractivity contribution in [2.45, 2.75) is 52.7 Å². The van der Waals surface area contributed by atoms with Gasteiger partial charge in [0, 0.05) is 6.08 Å². The molecule has 0 aliphatic heterocycles. The zero-order valence-electron chi connectivity index (χ0n) is 28.7. The molecule has 0 spiro atoms. The van der Waals surface area contributed by atoms with E-state index in [0.29, 0.717) is 11.1 Å². The first-order chi connectivity index (χ1) is 22.9. The lowest BCUT2D eigenvalue weighted by atomic mass is 10.1. The number of ether oxygens (including phenoxy) is 6. The van der Waals surface area contributed by atoms with E-state index in [1.807, 2.05) is 0 Å². The third-order valence-corrected chi connectivity index (χ3v) is 5.55. The highest BCUT2D eigenvalue weighted by atomic mass is 16.6. The molecule has 49 heavy (non-hydrogen) atoms. The van der Waals surface area contributed by atoms with E-state index in [9.17, 15) is 29.1 Å². The molecule has 2 rings (SSSR count). The van der Waals surface area contributed by atoms with Gasteiger partial charge in [-0.05, 0) is 89.1 Å². The minimum atomic E-state index is -0.764. The summed E-state index contributed by atoms with van der Waals surface area (Å²) in [6.07, 6.45) is 4.97. The predicted octanol–water partition coefficient (Wildman–Crippen LogP) is 5.30. The topological polar surface area (TPSA) is 185 Å². The van der Waals surface area contributed by atoms with E-state index in [0.717, 1.165) is 6.08 Å². The van der Waals surface area contributed by atoms with Crippen LogP contribution in [0.2, 0.25) is 0 Å². The Labute approximate surface area is 284 Å². The van der Waals surface area contributed by atoms with Crippen molar-refractivity contribution < 1.29 is 57.5 Å². The Morgan fingerprint density at radius 2 is 1.06 bits per heavy atom. The maximum absolute atomic E-state index is 12.4. The van der Waals surface area contributed by atoms with Crippen LogP contribution in [0.25, 0.3) is 12.2 Å². The quantitative estimate of drug-likeness (QED) is 0.0815. The molecule has 0 radical (unpaired) electrons. The molecule has 0 heterocycles. The second kappa shape index (κ2) is 17.9. The van der Waals surface area contributed by atoms with Crippen LogP contribution < -0.4 is 29.6 Å². The summed E-state index contributed by atoms with van der Waals surface area (Å²) in [6, 6.07) is 9.17. The van der Waals surface area contributed by atoms with Gasteiger partial charge in [-0.1, -0.05) is 24.3 Å². The first-order valence-electron chi connectivity index (χ1n) is 14.9. The van der Waals surface area contributed by atoms with Crippen molar-refractivity contribution in [2.75, 3.05) is 27.3 Å². The number of rotatable bonds is 13. The molecule has 0 saturated heterocycles. The number of aliphatic hydroxyl groups excluding tert-OH is 1. The van der Waals surface area contributed by atoms with Gasteiger partial charge in [0.25, 0.3) is 0 Å². The van der Waals surface area contributed by atoms with Crippen molar-refractivity contribution in [3.8, 4) is 23.0 Å². The second-order valence-electron chi connectivity index (χ2n) is 12.1. The Morgan fingerprint density at radius 3 is 1.45 bits per heavy atom. The molecule has 0 unspecified atom stereocenters. The molecule has 264 valence electrons. The smallest absolute Gasteiger partial charge is 0.408 e. The van der Waals surface area contributed by atoms with Crippen LogP contribution >= 0.6 is 0 Å². The van der Waals surface area contributed by atoms with E-state index >= 15 is 0 Å². The SMILES string of the molecule is COc1cc(/C=C/C(=O)/C=C(O)/C=C/c2ccc(OC(=O)CNC(=O)OC(C)(C)C)c(OC)c2)ccc1OC(=O)CNC(=O)OC(C)(C)C. The molecule has 2 aromatic carbocycles. The van der Waals surface area contributed by atoms with Gasteiger partial charge < -0.3 is 44.2 Å². The number of methoxy groups -OCH3 is 2. The molecule has 3 N–H and O–H groups in total. The van der Waals surface area contributed by atoms with Gasteiger partial charge in [-0.3, -0.25) is 4.79 Å². The predicted molar refractivity (Wildman–Crippen MR) is 180 cm³/mol. The van der Waals surface area contributed by atoms with E-state index in [4.69, 9.17) is 28.4 Å². The van der Waals surface area contributed by atoms with E-state index < -0.39 is 54.2 Å². The minimum absolute atomic E-state index is 0.0997. The fourth-order valence-corrected chi connectivity index (χ4v) is 3.58. The highest BCUT2D eigenvalue weighted by molar-refractivity contribution is 6.02. The lowest BCUT2D eigenvalue weighted by molar-refractivity contribution is -0.134. The molecule has 0 atom stereocenters. The number of aliphatic hydroxyl groups is 1. The van der Waals surface area contributed by atoms with Crippen LogP contribution in [0.5, 0.6) is 23.0 Å². The van der Waals surface area contributed by atoms with Gasteiger partial charge in [-0.15, -0.1) is 0 Å². The fourth-order valence-electron chi connectivity index (χ4n) is 3.58. The summed E-state index contributed by atoms with van der Waals surface area (Å²) in [5, 5.41) is 14.9. The molecule has 14 heteroatoms. The molecule has 0 saturated carbocycles. The highest BCUT2D eigenvalue weighted by Crippen LogP contribution is 2.30. The lowest BCUT2D eigenvalue weighted by Crippen LogP contribution is -2.36. The number of carbonyl (C=O) groups excluding carboxylic acids is 5. The van der Waals surface area contributed by atoms with Crippen LogP contribution in [-0.2, 0) is 23.9 Å². The summed E-state index contributed by atoms with van der Waals surface area (Å²) in [6.45, 7) is 9.30. The molecule has 0 fully saturated rings. The van der Waals surface area contributed by atoms with Crippen LogP contribution in [0, 0.1) is 0 Å². The number of hydrogen-bond donors (Lipinski definition) is 3. The summed E-state index contributed by atoms with van der Waals surface area (Å²) in [4.78, 5) is 60.3. The number of nitrogens with one attached hydrogen (secondary N) is 2. The number of carbonyl (C=O) groups is 5. The number of esters is 2. The van der Waals surface area contributed by atoms with Gasteiger partial charge in [0.1, 0.15) is 30.1 Å². The Kier molecular flexibility index (Phi) is 14.4. The lowest BCUT2D eigenvalue weighted by Gasteiger charge is -2.19. The van der Waals surface area contributed by atoms with Gasteiger partial charge in [0.15, 0.2) is 28.8 Å². The third-order valence-electron chi connectivity index (χ3n) is 5.55. The number of benzene rings is 2. The Balaban J connectivity index is 1.97. The molecular weight excluding hydrogens is 640 g/mol. The maximum Gasteiger partial charge on any atom is 0.408 e. The highest BCUT2D eigenvalue weighted by Gasteiger charge is 2.19. The normalized spacial score (nSPS) is 11.9. The molecule has 0 bridgehead atoms. The van der Waals surface area contributed by atoms with Gasteiger partial charge in [-0.25, -0.2) is 19.2 Å². The Hall–Kier alpha value is -5.79. The number of amides is 2. The summed E-state index contributed by atoms with van der Waals surface area (Å²) < 4.78 is 31.2. The number of hydrogen-bond acceptors (Lipinski definition) is 12. The largest absolute Gasteiger partial charge is 0.508 e. The van der Waals surface area contributed by atoms with Crippen molar-refractivity contribution in [1.29, 1.82) is 0 Å².